The van der Waals surface area contributed by atoms with Gasteiger partial charge in [-0.15, -0.1) is 0 Å². The van der Waals surface area contributed by atoms with Crippen LogP contribution in [0, 0.1) is 5.92 Å². The first-order chi connectivity index (χ1) is 12.8. The van der Waals surface area contributed by atoms with Gasteiger partial charge in [-0.2, -0.15) is 0 Å². The zero-order valence-electron chi connectivity index (χ0n) is 18.6. The first-order valence-electron chi connectivity index (χ1n) is 10.4. The molecule has 1 aliphatic heterocycles. The highest BCUT2D eigenvalue weighted by atomic mass is 32.2. The molecule has 5 heteroatoms. The zero-order chi connectivity index (χ0) is 21.2. The van der Waals surface area contributed by atoms with E-state index in [0.717, 1.165) is 6.42 Å². The molecule has 1 heterocycles. The molecule has 0 radical (unpaired) electrons. The van der Waals surface area contributed by atoms with Crippen molar-refractivity contribution in [2.24, 2.45) is 5.92 Å². The molecule has 2 atom stereocenters. The summed E-state index contributed by atoms with van der Waals surface area (Å²) in [5, 5.41) is 0. The van der Waals surface area contributed by atoms with Crippen LogP contribution in [0.5, 0.6) is 0 Å². The van der Waals surface area contributed by atoms with Crippen molar-refractivity contribution in [1.82, 2.24) is 0 Å². The lowest BCUT2D eigenvalue weighted by Gasteiger charge is -2.36. The van der Waals surface area contributed by atoms with Crippen molar-refractivity contribution in [3.05, 3.63) is 30.3 Å². The lowest BCUT2D eigenvalue weighted by Crippen LogP contribution is -2.41. The van der Waals surface area contributed by atoms with Crippen LogP contribution in [-0.4, -0.2) is 32.7 Å². The molecule has 1 saturated heterocycles. The summed E-state index contributed by atoms with van der Waals surface area (Å²) in [5.74, 6) is -2.02. The molecule has 1 aromatic rings. The highest BCUT2D eigenvalue weighted by molar-refractivity contribution is 7.91. The molecule has 1 aromatic carbocycles. The second-order valence-corrected chi connectivity index (χ2v) is 7.68. The van der Waals surface area contributed by atoms with Crippen molar-refractivity contribution in [2.75, 3.05) is 12.4 Å². The van der Waals surface area contributed by atoms with Gasteiger partial charge >= 0.3 is 0 Å². The van der Waals surface area contributed by atoms with E-state index < -0.39 is 47.1 Å². The van der Waals surface area contributed by atoms with Crippen LogP contribution in [0.1, 0.15) is 48.1 Å². The van der Waals surface area contributed by atoms with Crippen LogP contribution in [0.3, 0.4) is 0 Å². The Kier molecular flexibility index (Phi) is 3.49. The molecule has 0 amide bonds. The second-order valence-electron chi connectivity index (χ2n) is 5.65. The summed E-state index contributed by atoms with van der Waals surface area (Å²) in [6.45, 7) is -4.56. The fourth-order valence-corrected chi connectivity index (χ4v) is 3.96. The van der Waals surface area contributed by atoms with Gasteiger partial charge < -0.3 is 9.47 Å². The van der Waals surface area contributed by atoms with Crippen LogP contribution in [0.4, 0.5) is 0 Å². The predicted octanol–water partition coefficient (Wildman–Crippen LogP) is 3.42. The number of hydrogen-bond acceptors (Lipinski definition) is 4. The van der Waals surface area contributed by atoms with Crippen LogP contribution in [-0.2, 0) is 19.3 Å². The first-order valence-corrected chi connectivity index (χ1v) is 9.04. The van der Waals surface area contributed by atoms with Gasteiger partial charge in [0.1, 0.15) is 0 Å². The summed E-state index contributed by atoms with van der Waals surface area (Å²) in [5.41, 5.74) is -2.68. The molecular weight excluding hydrogens is 300 g/mol. The van der Waals surface area contributed by atoms with E-state index in [1.54, 1.807) is 18.2 Å². The zero-order valence-corrected chi connectivity index (χ0v) is 13.4. The molecule has 0 bridgehead atoms. The monoisotopic (exact) mass is 332 g/mol. The topological polar surface area (TPSA) is 52.6 Å². The third-order valence-corrected chi connectivity index (χ3v) is 5.65. The minimum Gasteiger partial charge on any atom is -0.353 e. The van der Waals surface area contributed by atoms with Gasteiger partial charge in [0.2, 0.25) is 0 Å². The molecule has 4 nitrogen and oxygen atoms in total. The van der Waals surface area contributed by atoms with E-state index in [1.165, 1.54) is 19.1 Å². The summed E-state index contributed by atoms with van der Waals surface area (Å²) < 4.78 is 84.3. The largest absolute Gasteiger partial charge is 0.353 e. The van der Waals surface area contributed by atoms with Crippen molar-refractivity contribution < 1.29 is 26.1 Å². The van der Waals surface area contributed by atoms with Gasteiger partial charge in [0, 0.05) is 14.8 Å². The smallest absolute Gasteiger partial charge is 0.178 e. The van der Waals surface area contributed by atoms with E-state index in [-0.39, 0.29) is 4.90 Å². The van der Waals surface area contributed by atoms with Crippen molar-refractivity contribution in [2.45, 2.75) is 56.7 Å². The Bertz CT molecular complexity index is 725. The Hall–Kier alpha value is -0.910. The standard InChI is InChI=1S/C17H26O4S/c1-14(13-22(18,19)15-9-5-4-6-10-15)17(2,3)21-16-11-7-8-12-20-16/h4-6,9-10,14,16H,7-8,11-13H2,1-3H3/t14-,16?/m0/s1/i2D3,3D3. The molecule has 0 aromatic heterocycles. The molecule has 1 aliphatic rings. The third-order valence-electron chi connectivity index (χ3n) is 3.72. The maximum absolute atomic E-state index is 12.8. The van der Waals surface area contributed by atoms with Crippen LogP contribution in [0.25, 0.3) is 0 Å². The van der Waals surface area contributed by atoms with Crippen LogP contribution in [0.15, 0.2) is 35.2 Å². The Labute approximate surface area is 142 Å². The van der Waals surface area contributed by atoms with Crippen LogP contribution >= 0.6 is 0 Å². The number of hydrogen-bond donors (Lipinski definition) is 0. The molecule has 1 unspecified atom stereocenters. The molecule has 124 valence electrons. The SMILES string of the molecule is [2H]C([2H])([2H])C(OC1CCCCO1)([C@@H](C)CS(=O)(=O)c1ccccc1)C([2H])([2H])[2H]. The van der Waals surface area contributed by atoms with Crippen molar-refractivity contribution in [3.8, 4) is 0 Å². The summed E-state index contributed by atoms with van der Waals surface area (Å²) >= 11 is 0. The minimum atomic E-state index is -3.92. The molecule has 0 aliphatic carbocycles. The van der Waals surface area contributed by atoms with Gasteiger partial charge in [-0.1, -0.05) is 25.1 Å². The van der Waals surface area contributed by atoms with Gasteiger partial charge in [-0.05, 0) is 51.0 Å². The van der Waals surface area contributed by atoms with Gasteiger partial charge in [0.05, 0.1) is 16.2 Å². The minimum absolute atomic E-state index is 0.000694. The average molecular weight is 332 g/mol. The maximum Gasteiger partial charge on any atom is 0.178 e. The Morgan fingerprint density at radius 3 is 2.68 bits per heavy atom. The molecule has 1 fully saturated rings. The highest BCUT2D eigenvalue weighted by Gasteiger charge is 2.34. The molecule has 22 heavy (non-hydrogen) atoms. The number of sulfone groups is 1. The van der Waals surface area contributed by atoms with Crippen LogP contribution < -0.4 is 0 Å². The molecule has 0 saturated carbocycles. The second kappa shape index (κ2) is 7.11. The van der Waals surface area contributed by atoms with Gasteiger partial charge in [-0.3, -0.25) is 0 Å². The number of benzene rings is 1. The van der Waals surface area contributed by atoms with E-state index in [1.807, 2.05) is 0 Å². The maximum atomic E-state index is 12.8. The van der Waals surface area contributed by atoms with Gasteiger partial charge in [0.15, 0.2) is 16.1 Å². The molecule has 0 N–H and O–H groups in total. The summed E-state index contributed by atoms with van der Waals surface area (Å²) in [6, 6.07) is 7.52. The summed E-state index contributed by atoms with van der Waals surface area (Å²) in [6.07, 6.45) is 0.828. The van der Waals surface area contributed by atoms with Crippen molar-refractivity contribution >= 4 is 9.84 Å². The highest BCUT2D eigenvalue weighted by Crippen LogP contribution is 2.29. The van der Waals surface area contributed by atoms with E-state index in [0.29, 0.717) is 19.4 Å². The first kappa shape index (κ1) is 10.8. The van der Waals surface area contributed by atoms with E-state index in [9.17, 15) is 8.42 Å². The van der Waals surface area contributed by atoms with Crippen molar-refractivity contribution in [3.63, 3.8) is 0 Å². The van der Waals surface area contributed by atoms with E-state index in [4.69, 9.17) is 17.7 Å². The predicted molar refractivity (Wildman–Crippen MR) is 86.4 cm³/mol. The summed E-state index contributed by atoms with van der Waals surface area (Å²) in [4.78, 5) is 0.000694. The molecule has 0 spiro atoms. The fraction of sp³-hybridized carbons (Fsp3) is 0.647. The van der Waals surface area contributed by atoms with E-state index in [2.05, 4.69) is 0 Å². The Morgan fingerprint density at radius 2 is 2.09 bits per heavy atom. The van der Waals surface area contributed by atoms with E-state index >= 15 is 0 Å². The lowest BCUT2D eigenvalue weighted by atomic mass is 9.94. The normalized spacial score (nSPS) is 26.7. The number of ether oxygens (including phenoxy) is 2. The van der Waals surface area contributed by atoms with Crippen molar-refractivity contribution in [1.29, 1.82) is 0 Å². The lowest BCUT2D eigenvalue weighted by molar-refractivity contribution is -0.225. The molecular formula is C17H26O4S. The Balaban J connectivity index is 2.44. The quantitative estimate of drug-likeness (QED) is 0.801. The summed E-state index contributed by atoms with van der Waals surface area (Å²) in [7, 11) is -3.92. The third kappa shape index (κ3) is 4.54. The van der Waals surface area contributed by atoms with Gasteiger partial charge in [-0.25, -0.2) is 8.42 Å². The van der Waals surface area contributed by atoms with Gasteiger partial charge in [0.25, 0.3) is 0 Å². The average Bonchev–Trinajstić information content (AvgIpc) is 2.58. The number of rotatable bonds is 6. The molecule has 2 rings (SSSR count). The van der Waals surface area contributed by atoms with Crippen LogP contribution in [0.2, 0.25) is 0 Å². The fourth-order valence-electron chi connectivity index (χ4n) is 2.30. The Morgan fingerprint density at radius 1 is 1.36 bits per heavy atom.